The summed E-state index contributed by atoms with van der Waals surface area (Å²) in [5.74, 6) is 1.78. The summed E-state index contributed by atoms with van der Waals surface area (Å²) in [7, 11) is 0. The number of benzene rings is 1. The monoisotopic (exact) mass is 531 g/mol. The molecule has 1 saturated heterocycles. The van der Waals surface area contributed by atoms with Crippen LogP contribution >= 0.6 is 0 Å². The van der Waals surface area contributed by atoms with Gasteiger partial charge < -0.3 is 15.5 Å². The first-order valence-electron chi connectivity index (χ1n) is 13.8. The van der Waals surface area contributed by atoms with Gasteiger partial charge in [0.2, 0.25) is 5.91 Å². The van der Waals surface area contributed by atoms with Gasteiger partial charge >= 0.3 is 6.18 Å². The normalized spacial score (nSPS) is 17.8. The molecule has 6 nitrogen and oxygen atoms in total. The van der Waals surface area contributed by atoms with Crippen molar-refractivity contribution in [1.29, 1.82) is 0 Å². The second kappa shape index (κ2) is 14.2. The van der Waals surface area contributed by atoms with Crippen LogP contribution in [0.4, 0.5) is 24.7 Å². The largest absolute Gasteiger partial charge is 0.416 e. The van der Waals surface area contributed by atoms with Gasteiger partial charge in [-0.05, 0) is 55.2 Å². The highest BCUT2D eigenvalue weighted by atomic mass is 19.4. The molecule has 1 aromatic heterocycles. The number of amidine groups is 1. The fourth-order valence-corrected chi connectivity index (χ4v) is 4.96. The molecule has 9 heteroatoms. The van der Waals surface area contributed by atoms with E-state index in [1.165, 1.54) is 57.1 Å². The summed E-state index contributed by atoms with van der Waals surface area (Å²) >= 11 is 0. The highest BCUT2D eigenvalue weighted by molar-refractivity contribution is 5.98. The van der Waals surface area contributed by atoms with E-state index in [9.17, 15) is 18.0 Å². The first kappa shape index (κ1) is 29.5. The molecule has 38 heavy (non-hydrogen) atoms. The first-order chi connectivity index (χ1) is 18.3. The second-order valence-electron chi connectivity index (χ2n) is 9.73. The molecular formula is C29H40F3N5O. The van der Waals surface area contributed by atoms with Crippen LogP contribution in [-0.2, 0) is 11.0 Å². The molecule has 2 N–H and O–H groups in total. The standard InChI is InChI=1S/C27H34F3N5O.C2H6/c28-27(29,30)22-9-11-23(12-10-22)33-26(31)21-8-13-24(32-19-21)34-14-16-35(17-15-34)25(36)18-20-6-4-2-1-3-5-7-20;1-2/h8-13,19-20H,1-7,14-18H2,(H2,31,33);1-2H3. The molecule has 0 bridgehead atoms. The van der Waals surface area contributed by atoms with Crippen LogP contribution in [0.2, 0.25) is 0 Å². The van der Waals surface area contributed by atoms with Crippen LogP contribution in [0.25, 0.3) is 0 Å². The van der Waals surface area contributed by atoms with Crippen molar-refractivity contribution < 1.29 is 18.0 Å². The summed E-state index contributed by atoms with van der Waals surface area (Å²) in [6.07, 6.45) is 6.65. The third-order valence-electron chi connectivity index (χ3n) is 7.13. The predicted molar refractivity (Wildman–Crippen MR) is 147 cm³/mol. The molecule has 1 aromatic carbocycles. The Labute approximate surface area is 224 Å². The van der Waals surface area contributed by atoms with E-state index in [2.05, 4.69) is 14.9 Å². The number of pyridine rings is 1. The molecule has 0 spiro atoms. The number of hydrogen-bond acceptors (Lipinski definition) is 4. The van der Waals surface area contributed by atoms with E-state index in [0.29, 0.717) is 36.7 Å². The Bertz CT molecular complexity index is 1020. The van der Waals surface area contributed by atoms with Gasteiger partial charge in [-0.25, -0.2) is 9.98 Å². The fraction of sp³-hybridized carbons (Fsp3) is 0.552. The van der Waals surface area contributed by atoms with Crippen molar-refractivity contribution in [2.75, 3.05) is 31.1 Å². The Morgan fingerprint density at radius 1 is 0.947 bits per heavy atom. The zero-order valence-corrected chi connectivity index (χ0v) is 22.5. The maximum Gasteiger partial charge on any atom is 0.416 e. The number of nitrogens with zero attached hydrogens (tertiary/aromatic N) is 4. The molecule has 2 aromatic rings. The summed E-state index contributed by atoms with van der Waals surface area (Å²) in [4.78, 5) is 25.7. The number of piperazine rings is 1. The number of nitrogens with two attached hydrogens (primary N) is 1. The van der Waals surface area contributed by atoms with Crippen LogP contribution in [0.15, 0.2) is 47.6 Å². The molecule has 0 atom stereocenters. The zero-order valence-electron chi connectivity index (χ0n) is 22.5. The summed E-state index contributed by atoms with van der Waals surface area (Å²) in [5, 5.41) is 0. The van der Waals surface area contributed by atoms with E-state index in [4.69, 9.17) is 5.73 Å². The van der Waals surface area contributed by atoms with E-state index in [-0.39, 0.29) is 11.7 Å². The third-order valence-corrected chi connectivity index (χ3v) is 7.13. The van der Waals surface area contributed by atoms with E-state index in [1.807, 2.05) is 24.8 Å². The number of halogens is 3. The van der Waals surface area contributed by atoms with Gasteiger partial charge in [-0.1, -0.05) is 46.0 Å². The van der Waals surface area contributed by atoms with Gasteiger partial charge in [-0.2, -0.15) is 13.2 Å². The third kappa shape index (κ3) is 8.46. The minimum Gasteiger partial charge on any atom is -0.383 e. The Hall–Kier alpha value is -3.10. The molecule has 1 aliphatic carbocycles. The van der Waals surface area contributed by atoms with Crippen molar-refractivity contribution in [3.63, 3.8) is 0 Å². The number of hydrogen-bond donors (Lipinski definition) is 1. The summed E-state index contributed by atoms with van der Waals surface area (Å²) in [5.41, 5.74) is 6.25. The Morgan fingerprint density at radius 2 is 1.55 bits per heavy atom. The van der Waals surface area contributed by atoms with Crippen LogP contribution in [0.1, 0.15) is 76.3 Å². The number of carbonyl (C=O) groups excluding carboxylic acids is 1. The van der Waals surface area contributed by atoms with Crippen molar-refractivity contribution in [3.05, 3.63) is 53.7 Å². The van der Waals surface area contributed by atoms with Crippen molar-refractivity contribution in [2.45, 2.75) is 71.4 Å². The van der Waals surface area contributed by atoms with Crippen LogP contribution in [-0.4, -0.2) is 47.8 Å². The highest BCUT2D eigenvalue weighted by Crippen LogP contribution is 2.30. The number of aliphatic imine (C=N–C) groups is 1. The highest BCUT2D eigenvalue weighted by Gasteiger charge is 2.30. The Morgan fingerprint density at radius 3 is 2.11 bits per heavy atom. The van der Waals surface area contributed by atoms with Gasteiger partial charge in [0.05, 0.1) is 11.3 Å². The summed E-state index contributed by atoms with van der Waals surface area (Å²) in [6.45, 7) is 6.81. The van der Waals surface area contributed by atoms with Gasteiger partial charge in [-0.3, -0.25) is 4.79 Å². The zero-order chi connectivity index (χ0) is 27.5. The first-order valence-corrected chi connectivity index (χ1v) is 13.8. The lowest BCUT2D eigenvalue weighted by atomic mass is 9.88. The van der Waals surface area contributed by atoms with Gasteiger partial charge in [0.25, 0.3) is 0 Å². The number of anilines is 1. The van der Waals surface area contributed by atoms with Gasteiger partial charge in [0.1, 0.15) is 11.7 Å². The van der Waals surface area contributed by atoms with E-state index in [1.54, 1.807) is 12.3 Å². The van der Waals surface area contributed by atoms with Crippen molar-refractivity contribution in [1.82, 2.24) is 9.88 Å². The van der Waals surface area contributed by atoms with Crippen molar-refractivity contribution in [3.8, 4) is 0 Å². The van der Waals surface area contributed by atoms with Crippen molar-refractivity contribution in [2.24, 2.45) is 16.6 Å². The molecule has 2 fully saturated rings. The molecule has 1 aliphatic heterocycles. The number of rotatable bonds is 5. The van der Waals surface area contributed by atoms with Crippen LogP contribution in [0, 0.1) is 5.92 Å². The minimum atomic E-state index is -4.39. The molecule has 1 saturated carbocycles. The number of amides is 1. The Balaban J connectivity index is 0.00000195. The average molecular weight is 532 g/mol. The molecular weight excluding hydrogens is 491 g/mol. The maximum atomic E-state index is 12.9. The molecule has 2 aliphatic rings. The lowest BCUT2D eigenvalue weighted by molar-refractivity contribution is -0.137. The van der Waals surface area contributed by atoms with Gasteiger partial charge in [0.15, 0.2) is 0 Å². The van der Waals surface area contributed by atoms with E-state index >= 15 is 0 Å². The topological polar surface area (TPSA) is 74.8 Å². The second-order valence-corrected chi connectivity index (χ2v) is 9.73. The molecule has 0 radical (unpaired) electrons. The summed E-state index contributed by atoms with van der Waals surface area (Å²) in [6, 6.07) is 8.20. The number of carbonyl (C=O) groups is 1. The van der Waals surface area contributed by atoms with E-state index in [0.717, 1.165) is 31.0 Å². The summed E-state index contributed by atoms with van der Waals surface area (Å²) < 4.78 is 38.2. The van der Waals surface area contributed by atoms with Crippen LogP contribution in [0.3, 0.4) is 0 Å². The quantitative estimate of drug-likeness (QED) is 0.350. The molecule has 1 amide bonds. The Kier molecular flexibility index (Phi) is 11.0. The van der Waals surface area contributed by atoms with E-state index < -0.39 is 11.7 Å². The van der Waals surface area contributed by atoms with Crippen LogP contribution < -0.4 is 10.6 Å². The SMILES string of the molecule is CC.NC(=Nc1ccc(C(F)(F)F)cc1)c1ccc(N2CCN(C(=O)CC3CCCCCCC3)CC2)nc1. The fourth-order valence-electron chi connectivity index (χ4n) is 4.96. The minimum absolute atomic E-state index is 0.179. The molecule has 2 heterocycles. The molecule has 0 unspecified atom stereocenters. The lowest BCUT2D eigenvalue weighted by Gasteiger charge is -2.36. The average Bonchev–Trinajstić information content (AvgIpc) is 2.91. The lowest BCUT2D eigenvalue weighted by Crippen LogP contribution is -2.49. The number of aromatic nitrogens is 1. The smallest absolute Gasteiger partial charge is 0.383 e. The van der Waals surface area contributed by atoms with Crippen LogP contribution in [0.5, 0.6) is 0 Å². The molecule has 4 rings (SSSR count). The van der Waals surface area contributed by atoms with Gasteiger partial charge in [0, 0.05) is 44.4 Å². The molecule has 208 valence electrons. The maximum absolute atomic E-state index is 12.9. The number of alkyl halides is 3. The van der Waals surface area contributed by atoms with Gasteiger partial charge in [-0.15, -0.1) is 0 Å². The van der Waals surface area contributed by atoms with Crippen molar-refractivity contribution >= 4 is 23.2 Å². The predicted octanol–water partition coefficient (Wildman–Crippen LogP) is 6.56.